The van der Waals surface area contributed by atoms with Crippen molar-refractivity contribution in [1.82, 2.24) is 0 Å². The summed E-state index contributed by atoms with van der Waals surface area (Å²) < 4.78 is 10.7. The van der Waals surface area contributed by atoms with Gasteiger partial charge in [-0.25, -0.2) is 0 Å². The fourth-order valence-electron chi connectivity index (χ4n) is 1.67. The van der Waals surface area contributed by atoms with E-state index < -0.39 is 0 Å². The Bertz CT molecular complexity index is 727. The Kier molecular flexibility index (Phi) is 3.74. The number of nitrogens with two attached hydrogens (primary N) is 1. The minimum absolute atomic E-state index is 0.260. The highest BCUT2D eigenvalue weighted by atomic mass is 16.5. The number of ether oxygens (including phenoxy) is 2. The zero-order chi connectivity index (χ0) is 14.5. The fourth-order valence-corrected chi connectivity index (χ4v) is 1.67. The minimum Gasteiger partial charge on any atom is -0.497 e. The first-order valence-corrected chi connectivity index (χ1v) is 5.73. The van der Waals surface area contributed by atoms with Crippen LogP contribution in [-0.4, -0.2) is 7.11 Å². The summed E-state index contributed by atoms with van der Waals surface area (Å²) in [5.74, 6) is 1.29. The largest absolute Gasteiger partial charge is 0.497 e. The summed E-state index contributed by atoms with van der Waals surface area (Å²) in [5.41, 5.74) is 6.85. The standard InChI is InChI=1S/C15H11N3O2/c1-19-12-5-10(8-16)6-13(7-12)20-14-4-2-3-11(9-17)15(14)18/h2-7H,18H2,1H3. The van der Waals surface area contributed by atoms with Crippen LogP contribution in [0.5, 0.6) is 17.2 Å². The Hall–Kier alpha value is -3.18. The smallest absolute Gasteiger partial charge is 0.151 e. The number of hydrogen-bond acceptors (Lipinski definition) is 5. The molecule has 0 amide bonds. The summed E-state index contributed by atoms with van der Waals surface area (Å²) in [5, 5.41) is 17.9. The van der Waals surface area contributed by atoms with Crippen molar-refractivity contribution in [3.63, 3.8) is 0 Å². The predicted molar refractivity (Wildman–Crippen MR) is 73.4 cm³/mol. The van der Waals surface area contributed by atoms with Gasteiger partial charge in [-0.15, -0.1) is 0 Å². The van der Waals surface area contributed by atoms with E-state index in [0.29, 0.717) is 28.4 Å². The number of nitrogen functional groups attached to an aromatic ring is 1. The van der Waals surface area contributed by atoms with E-state index in [4.69, 9.17) is 25.7 Å². The van der Waals surface area contributed by atoms with Gasteiger partial charge in [-0.2, -0.15) is 10.5 Å². The van der Waals surface area contributed by atoms with Crippen molar-refractivity contribution in [3.8, 4) is 29.4 Å². The quantitative estimate of drug-likeness (QED) is 0.861. The third-order valence-electron chi connectivity index (χ3n) is 2.66. The summed E-state index contributed by atoms with van der Waals surface area (Å²) in [6.45, 7) is 0. The third kappa shape index (κ3) is 2.63. The molecule has 5 heteroatoms. The molecule has 0 heterocycles. The van der Waals surface area contributed by atoms with Crippen LogP contribution in [0.15, 0.2) is 36.4 Å². The number of para-hydroxylation sites is 1. The van der Waals surface area contributed by atoms with E-state index in [1.54, 1.807) is 36.4 Å². The number of nitriles is 2. The number of rotatable bonds is 3. The summed E-state index contributed by atoms with van der Waals surface area (Å²) >= 11 is 0. The van der Waals surface area contributed by atoms with E-state index in [1.807, 2.05) is 12.1 Å². The van der Waals surface area contributed by atoms with Gasteiger partial charge in [-0.3, -0.25) is 0 Å². The van der Waals surface area contributed by atoms with Gasteiger partial charge >= 0.3 is 0 Å². The van der Waals surface area contributed by atoms with Crippen molar-refractivity contribution in [1.29, 1.82) is 10.5 Å². The summed E-state index contributed by atoms with van der Waals surface area (Å²) in [6, 6.07) is 13.8. The van der Waals surface area contributed by atoms with Crippen LogP contribution in [0.4, 0.5) is 5.69 Å². The monoisotopic (exact) mass is 265 g/mol. The molecule has 0 saturated carbocycles. The molecule has 0 aromatic heterocycles. The van der Waals surface area contributed by atoms with Crippen LogP contribution < -0.4 is 15.2 Å². The Labute approximate surface area is 116 Å². The lowest BCUT2D eigenvalue weighted by molar-refractivity contribution is 0.409. The molecule has 2 aromatic carbocycles. The van der Waals surface area contributed by atoms with Gasteiger partial charge < -0.3 is 15.2 Å². The number of anilines is 1. The van der Waals surface area contributed by atoms with Gasteiger partial charge in [0, 0.05) is 6.07 Å². The van der Waals surface area contributed by atoms with E-state index >= 15 is 0 Å². The van der Waals surface area contributed by atoms with Crippen molar-refractivity contribution in [2.24, 2.45) is 0 Å². The second-order valence-electron chi connectivity index (χ2n) is 3.94. The van der Waals surface area contributed by atoms with E-state index in [1.165, 1.54) is 7.11 Å². The Balaban J connectivity index is 2.41. The first-order chi connectivity index (χ1) is 9.67. The van der Waals surface area contributed by atoms with E-state index in [-0.39, 0.29) is 5.69 Å². The van der Waals surface area contributed by atoms with Gasteiger partial charge in [0.2, 0.25) is 0 Å². The van der Waals surface area contributed by atoms with Crippen molar-refractivity contribution in [3.05, 3.63) is 47.5 Å². The lowest BCUT2D eigenvalue weighted by Gasteiger charge is -2.10. The van der Waals surface area contributed by atoms with Gasteiger partial charge in [0.15, 0.2) is 5.75 Å². The normalized spacial score (nSPS) is 9.35. The summed E-state index contributed by atoms with van der Waals surface area (Å²) in [6.07, 6.45) is 0. The Morgan fingerprint density at radius 3 is 2.45 bits per heavy atom. The second kappa shape index (κ2) is 5.64. The topological polar surface area (TPSA) is 92.1 Å². The second-order valence-corrected chi connectivity index (χ2v) is 3.94. The van der Waals surface area contributed by atoms with E-state index in [9.17, 15) is 0 Å². The lowest BCUT2D eigenvalue weighted by Crippen LogP contribution is -1.96. The fraction of sp³-hybridized carbons (Fsp3) is 0.0667. The molecule has 5 nitrogen and oxygen atoms in total. The van der Waals surface area contributed by atoms with Crippen molar-refractivity contribution in [2.45, 2.75) is 0 Å². The van der Waals surface area contributed by atoms with Gasteiger partial charge in [-0.1, -0.05) is 6.07 Å². The van der Waals surface area contributed by atoms with Crippen molar-refractivity contribution in [2.75, 3.05) is 12.8 Å². The molecule has 0 aliphatic rings. The highest BCUT2D eigenvalue weighted by Crippen LogP contribution is 2.32. The molecule has 0 radical (unpaired) electrons. The SMILES string of the molecule is COc1cc(C#N)cc(Oc2cccc(C#N)c2N)c1. The van der Waals surface area contributed by atoms with Crippen molar-refractivity contribution >= 4 is 5.69 Å². The molecule has 0 aliphatic heterocycles. The maximum absolute atomic E-state index is 8.96. The number of benzene rings is 2. The van der Waals surface area contributed by atoms with E-state index in [0.717, 1.165) is 0 Å². The first kappa shape index (κ1) is 13.3. The first-order valence-electron chi connectivity index (χ1n) is 5.73. The maximum Gasteiger partial charge on any atom is 0.151 e. The molecule has 0 aliphatic carbocycles. The number of methoxy groups -OCH3 is 1. The molecule has 2 aromatic rings. The molecule has 20 heavy (non-hydrogen) atoms. The molecule has 98 valence electrons. The molecule has 0 spiro atoms. The van der Waals surface area contributed by atoms with Crippen molar-refractivity contribution < 1.29 is 9.47 Å². The van der Waals surface area contributed by atoms with Gasteiger partial charge in [0.25, 0.3) is 0 Å². The number of nitrogens with zero attached hydrogens (tertiary/aromatic N) is 2. The molecule has 2 N–H and O–H groups in total. The van der Waals surface area contributed by atoms with Crippen LogP contribution >= 0.6 is 0 Å². The van der Waals surface area contributed by atoms with Gasteiger partial charge in [-0.05, 0) is 24.3 Å². The zero-order valence-electron chi connectivity index (χ0n) is 10.8. The van der Waals surface area contributed by atoms with Gasteiger partial charge in [0.05, 0.1) is 30.0 Å². The average molecular weight is 265 g/mol. The predicted octanol–water partition coefficient (Wildman–Crippen LogP) is 2.81. The maximum atomic E-state index is 8.96. The molecule has 0 atom stereocenters. The highest BCUT2D eigenvalue weighted by Gasteiger charge is 2.08. The molecular weight excluding hydrogens is 254 g/mol. The average Bonchev–Trinajstić information content (AvgIpc) is 2.49. The van der Waals surface area contributed by atoms with Crippen LogP contribution in [-0.2, 0) is 0 Å². The molecule has 0 fully saturated rings. The van der Waals surface area contributed by atoms with Crippen LogP contribution in [0.1, 0.15) is 11.1 Å². The van der Waals surface area contributed by atoms with Crippen LogP contribution in [0.3, 0.4) is 0 Å². The van der Waals surface area contributed by atoms with Crippen LogP contribution in [0.25, 0.3) is 0 Å². The molecule has 0 saturated heterocycles. The third-order valence-corrected chi connectivity index (χ3v) is 2.66. The summed E-state index contributed by atoms with van der Waals surface area (Å²) in [4.78, 5) is 0. The molecular formula is C15H11N3O2. The lowest BCUT2D eigenvalue weighted by atomic mass is 10.2. The Morgan fingerprint density at radius 2 is 1.80 bits per heavy atom. The molecule has 2 rings (SSSR count). The molecule has 0 unspecified atom stereocenters. The summed E-state index contributed by atoms with van der Waals surface area (Å²) in [7, 11) is 1.50. The van der Waals surface area contributed by atoms with Gasteiger partial charge in [0.1, 0.15) is 17.6 Å². The molecule has 0 bridgehead atoms. The van der Waals surface area contributed by atoms with E-state index in [2.05, 4.69) is 0 Å². The van der Waals surface area contributed by atoms with Crippen LogP contribution in [0.2, 0.25) is 0 Å². The minimum atomic E-state index is 0.260. The Morgan fingerprint density at radius 1 is 1.05 bits per heavy atom. The van der Waals surface area contributed by atoms with Crippen LogP contribution in [0, 0.1) is 22.7 Å². The highest BCUT2D eigenvalue weighted by molar-refractivity contribution is 5.64. The zero-order valence-corrected chi connectivity index (χ0v) is 10.8. The number of hydrogen-bond donors (Lipinski definition) is 1.